The molecule has 78 heavy (non-hydrogen) atoms. The summed E-state index contributed by atoms with van der Waals surface area (Å²) < 4.78 is 6.54. The summed E-state index contributed by atoms with van der Waals surface area (Å²) >= 11 is 1.81. The van der Waals surface area contributed by atoms with Crippen LogP contribution in [-0.2, 0) is 27.1 Å². The molecule has 0 bridgehead atoms. The maximum atomic E-state index is 6.54. The average Bonchev–Trinajstić information content (AvgIpc) is 3.01. The van der Waals surface area contributed by atoms with Gasteiger partial charge < -0.3 is 19.1 Å². The molecule has 0 amide bonds. The molecule has 392 valence electrons. The van der Waals surface area contributed by atoms with Crippen molar-refractivity contribution in [3.8, 4) is 10.6 Å². The van der Waals surface area contributed by atoms with Gasteiger partial charge in [-0.2, -0.15) is 0 Å². The number of aromatic nitrogens is 1. The second-order valence-electron chi connectivity index (χ2n) is 27.1. The van der Waals surface area contributed by atoms with Crippen LogP contribution in [0.25, 0.3) is 32.5 Å². The van der Waals surface area contributed by atoms with Crippen LogP contribution >= 0.6 is 11.3 Å². The molecular formula is C71H73BN4OS. The van der Waals surface area contributed by atoms with Crippen molar-refractivity contribution in [2.24, 2.45) is 0 Å². The number of rotatable bonds is 6. The van der Waals surface area contributed by atoms with E-state index in [0.29, 0.717) is 0 Å². The molecule has 12 rings (SSSR count). The molecule has 0 fully saturated rings. The molecule has 0 spiro atoms. The summed E-state index contributed by atoms with van der Waals surface area (Å²) in [6, 6.07) is 63.8. The first-order chi connectivity index (χ1) is 36.8. The maximum Gasteiger partial charge on any atom is 0.276 e. The van der Waals surface area contributed by atoms with E-state index in [2.05, 4.69) is 288 Å². The Kier molecular flexibility index (Phi) is 11.9. The van der Waals surface area contributed by atoms with Gasteiger partial charge in [0.25, 0.3) is 6.71 Å². The molecule has 0 saturated heterocycles. The van der Waals surface area contributed by atoms with Gasteiger partial charge in [0.1, 0.15) is 21.2 Å². The van der Waals surface area contributed by atoms with Crippen LogP contribution in [-0.4, -0.2) is 11.7 Å². The van der Waals surface area contributed by atoms with Gasteiger partial charge in [-0.25, -0.2) is 4.98 Å². The summed E-state index contributed by atoms with van der Waals surface area (Å²) in [6.07, 6.45) is 0. The number of thiazole rings is 1. The van der Waals surface area contributed by atoms with Crippen LogP contribution in [0.2, 0.25) is 0 Å². The average molecular weight is 1040 g/mol. The molecule has 0 aliphatic carbocycles. The van der Waals surface area contributed by atoms with Gasteiger partial charge in [-0.3, -0.25) is 0 Å². The predicted molar refractivity (Wildman–Crippen MR) is 337 cm³/mol. The lowest BCUT2D eigenvalue weighted by Crippen LogP contribution is -2.61. The fourth-order valence-corrected chi connectivity index (χ4v) is 12.7. The number of fused-ring (bicyclic) bond motifs is 7. The molecular weight excluding hydrogens is 968 g/mol. The number of nitrogens with zero attached hydrogens (tertiary/aromatic N) is 4. The second kappa shape index (κ2) is 18.1. The van der Waals surface area contributed by atoms with Crippen molar-refractivity contribution in [1.29, 1.82) is 0 Å². The van der Waals surface area contributed by atoms with Crippen molar-refractivity contribution in [2.75, 3.05) is 14.7 Å². The highest BCUT2D eigenvalue weighted by Gasteiger charge is 2.47. The van der Waals surface area contributed by atoms with Gasteiger partial charge in [-0.05, 0) is 169 Å². The largest absolute Gasteiger partial charge is 0.456 e. The molecule has 2 aliphatic rings. The van der Waals surface area contributed by atoms with Crippen molar-refractivity contribution in [3.05, 3.63) is 198 Å². The van der Waals surface area contributed by atoms with Gasteiger partial charge in [0.05, 0.1) is 5.59 Å². The Bertz CT molecular complexity index is 3880. The van der Waals surface area contributed by atoms with E-state index in [0.717, 1.165) is 77.2 Å². The third-order valence-corrected chi connectivity index (χ3v) is 17.3. The molecule has 0 radical (unpaired) electrons. The topological polar surface area (TPSA) is 35.8 Å². The Morgan fingerprint density at radius 1 is 0.423 bits per heavy atom. The van der Waals surface area contributed by atoms with Gasteiger partial charge in [0, 0.05) is 61.8 Å². The first-order valence-electron chi connectivity index (χ1n) is 27.9. The Labute approximate surface area is 467 Å². The number of hydrogen-bond donors (Lipinski definition) is 0. The van der Waals surface area contributed by atoms with E-state index in [1.807, 2.05) is 11.3 Å². The van der Waals surface area contributed by atoms with Gasteiger partial charge in [0.15, 0.2) is 0 Å². The van der Waals surface area contributed by atoms with E-state index in [4.69, 9.17) is 9.40 Å². The lowest BCUT2D eigenvalue weighted by Gasteiger charge is -2.44. The molecule has 10 aromatic rings. The smallest absolute Gasteiger partial charge is 0.276 e. The third kappa shape index (κ3) is 8.92. The molecule has 2 aromatic heterocycles. The maximum absolute atomic E-state index is 6.54. The monoisotopic (exact) mass is 1040 g/mol. The number of furan rings is 1. The molecule has 0 unspecified atom stereocenters. The highest BCUT2D eigenvalue weighted by Crippen LogP contribution is 2.51. The van der Waals surface area contributed by atoms with Crippen LogP contribution < -0.4 is 31.2 Å². The van der Waals surface area contributed by atoms with Crippen molar-refractivity contribution in [3.63, 3.8) is 0 Å². The molecule has 0 N–H and O–H groups in total. The quantitative estimate of drug-likeness (QED) is 0.155. The van der Waals surface area contributed by atoms with Crippen LogP contribution in [0.3, 0.4) is 0 Å². The minimum Gasteiger partial charge on any atom is -0.456 e. The summed E-state index contributed by atoms with van der Waals surface area (Å²) in [7, 11) is 0. The van der Waals surface area contributed by atoms with E-state index in [-0.39, 0.29) is 33.8 Å². The zero-order valence-corrected chi connectivity index (χ0v) is 49.2. The van der Waals surface area contributed by atoms with E-state index in [1.54, 1.807) is 0 Å². The summed E-state index contributed by atoms with van der Waals surface area (Å²) in [5, 5.41) is 4.37. The Morgan fingerprint density at radius 2 is 0.936 bits per heavy atom. The molecule has 2 aliphatic heterocycles. The number of para-hydroxylation sites is 2. The molecule has 5 nitrogen and oxygen atoms in total. The third-order valence-electron chi connectivity index (χ3n) is 16.2. The van der Waals surface area contributed by atoms with Gasteiger partial charge >= 0.3 is 0 Å². The molecule has 0 saturated carbocycles. The first kappa shape index (κ1) is 51.4. The zero-order valence-electron chi connectivity index (χ0n) is 48.3. The van der Waals surface area contributed by atoms with Gasteiger partial charge in [-0.1, -0.05) is 182 Å². The minimum atomic E-state index is -0.188. The Balaban J connectivity index is 1.18. The SMILES string of the molecule is CC(C)(C)c1ccc(N2c3cc(N(c4ccccc4)c4ccccc4)ccc3B3c4nc(-c5ccc6oc7ccc(C(C)(C)C)cc7c6c5)sc4N(c4cc(C(C)(C)C)cc(C(C)(C)C)c4)c4cc(C(C)(C)C)cc2c43)cc1. The van der Waals surface area contributed by atoms with Crippen molar-refractivity contribution in [2.45, 2.75) is 131 Å². The van der Waals surface area contributed by atoms with E-state index in [1.165, 1.54) is 50.1 Å². The number of benzene rings is 8. The van der Waals surface area contributed by atoms with Crippen molar-refractivity contribution in [1.82, 2.24) is 4.98 Å². The number of anilines is 9. The lowest BCUT2D eigenvalue weighted by molar-refractivity contribution is 0.569. The minimum absolute atomic E-state index is 0.00499. The molecule has 8 aromatic carbocycles. The van der Waals surface area contributed by atoms with Crippen LogP contribution in [0, 0.1) is 0 Å². The van der Waals surface area contributed by atoms with Gasteiger partial charge in [0.2, 0.25) is 0 Å². The van der Waals surface area contributed by atoms with Crippen molar-refractivity contribution < 1.29 is 4.42 Å². The van der Waals surface area contributed by atoms with Crippen LogP contribution in [0.4, 0.5) is 50.5 Å². The van der Waals surface area contributed by atoms with Gasteiger partial charge in [-0.15, -0.1) is 0 Å². The van der Waals surface area contributed by atoms with E-state index >= 15 is 0 Å². The predicted octanol–water partition coefficient (Wildman–Crippen LogP) is 18.7. The second-order valence-corrected chi connectivity index (χ2v) is 28.1. The zero-order chi connectivity index (χ0) is 55.0. The van der Waals surface area contributed by atoms with E-state index in [9.17, 15) is 0 Å². The summed E-state index contributed by atoms with van der Waals surface area (Å²) in [4.78, 5) is 13.5. The molecule has 0 atom stereocenters. The molecule has 4 heterocycles. The lowest BCUT2D eigenvalue weighted by atomic mass is 9.35. The summed E-state index contributed by atoms with van der Waals surface area (Å²) in [6.45, 7) is 34.7. The first-order valence-corrected chi connectivity index (χ1v) is 28.7. The highest BCUT2D eigenvalue weighted by atomic mass is 32.1. The number of hydrogen-bond acceptors (Lipinski definition) is 6. The summed E-state index contributed by atoms with van der Waals surface area (Å²) in [5.41, 5.74) is 21.6. The molecule has 7 heteroatoms. The Morgan fingerprint density at radius 3 is 1.50 bits per heavy atom. The summed E-state index contributed by atoms with van der Waals surface area (Å²) in [5.74, 6) is 0. The van der Waals surface area contributed by atoms with Crippen LogP contribution in [0.15, 0.2) is 174 Å². The standard InChI is InChI=1S/C71H73BN4OS/c1-67(2,3)45-27-30-52(31-28-45)75-58-43-53(74(50-22-18-16-19-23-50)51-24-20-17-21-25-51)32-33-57(58)72-63-59(75)41-49(71(13,14)15)42-60(63)76(54-38-47(69(7,8)9)37-48(39-54)70(10,11)12)66-64(72)73-65(78-66)44-26-34-61-55(36-44)56-40-46(68(4,5)6)29-35-62(56)77-61/h16-43H,1-15H3. The highest BCUT2D eigenvalue weighted by molar-refractivity contribution is 7.22. The van der Waals surface area contributed by atoms with E-state index < -0.39 is 0 Å². The Hall–Kier alpha value is -7.35. The van der Waals surface area contributed by atoms with Crippen LogP contribution in [0.5, 0.6) is 0 Å². The fourth-order valence-electron chi connectivity index (χ4n) is 11.5. The normalized spacial score (nSPS) is 13.8. The van der Waals surface area contributed by atoms with Crippen molar-refractivity contribution >= 4 is 107 Å². The fraction of sp³-hybridized carbons (Fsp3) is 0.282. The van der Waals surface area contributed by atoms with Crippen LogP contribution in [0.1, 0.15) is 132 Å².